The molecule has 0 aliphatic carbocycles. The summed E-state index contributed by atoms with van der Waals surface area (Å²) in [5.74, 6) is 7.35. The largest absolute Gasteiger partial charge is 0.507 e. The molecule has 10 heteroatoms. The normalized spacial score (nSPS) is 19.7. The minimum atomic E-state index is -0.789. The summed E-state index contributed by atoms with van der Waals surface area (Å²) in [4.78, 5) is 11.1. The number of phenols is 1. The Hall–Kier alpha value is -4.41. The molecule has 3 aromatic rings. The molecule has 4 heterocycles. The van der Waals surface area contributed by atoms with Crippen LogP contribution in [0.1, 0.15) is 31.0 Å². The van der Waals surface area contributed by atoms with Crippen LogP contribution < -0.4 is 15.5 Å². The third-order valence-electron chi connectivity index (χ3n) is 7.30. The molecule has 2 aliphatic heterocycles. The molecule has 3 N–H and O–H groups in total. The molecule has 0 saturated carbocycles. The Morgan fingerprint density at radius 3 is 2.72 bits per heavy atom. The fourth-order valence-corrected chi connectivity index (χ4v) is 5.07. The topological polar surface area (TPSA) is 118 Å². The number of alkyl halides is 1. The lowest BCUT2D eigenvalue weighted by atomic mass is 10.1. The molecule has 9 nitrogen and oxygen atoms in total. The molecule has 2 aliphatic rings. The number of nitrogens with zero attached hydrogens (tertiary/aromatic N) is 7. The van der Waals surface area contributed by atoms with Crippen molar-refractivity contribution < 1.29 is 9.50 Å². The van der Waals surface area contributed by atoms with Crippen molar-refractivity contribution in [3.05, 3.63) is 53.7 Å². The molecule has 0 bridgehead atoms. The summed E-state index contributed by atoms with van der Waals surface area (Å²) in [5, 5.41) is 28.2. The number of hydrogen-bond acceptors (Lipinski definition) is 9. The van der Waals surface area contributed by atoms with Crippen molar-refractivity contribution in [1.29, 1.82) is 5.26 Å². The van der Waals surface area contributed by atoms with Crippen molar-refractivity contribution in [1.82, 2.24) is 20.1 Å². The van der Waals surface area contributed by atoms with Gasteiger partial charge in [0.2, 0.25) is 0 Å². The summed E-state index contributed by atoms with van der Waals surface area (Å²) in [7, 11) is 0. The molecule has 2 fully saturated rings. The van der Waals surface area contributed by atoms with E-state index in [4.69, 9.17) is 10.7 Å². The van der Waals surface area contributed by atoms with Gasteiger partial charge in [-0.3, -0.25) is 4.90 Å². The fraction of sp³-hybridized carbons (Fsp3) is 0.379. The van der Waals surface area contributed by atoms with Gasteiger partial charge in [0.15, 0.2) is 5.82 Å². The number of nitriles is 1. The summed E-state index contributed by atoms with van der Waals surface area (Å²) in [6.07, 6.45) is 0.595. The number of para-hydroxylation sites is 1. The van der Waals surface area contributed by atoms with Gasteiger partial charge in [-0.1, -0.05) is 18.1 Å². The molecule has 39 heavy (non-hydrogen) atoms. The van der Waals surface area contributed by atoms with Gasteiger partial charge in [-0.25, -0.2) is 9.37 Å². The fourth-order valence-electron chi connectivity index (χ4n) is 5.07. The molecule has 0 radical (unpaired) electrons. The van der Waals surface area contributed by atoms with Crippen molar-refractivity contribution in [2.24, 2.45) is 0 Å². The Morgan fingerprint density at radius 2 is 1.95 bits per heavy atom. The maximum atomic E-state index is 13.5. The zero-order chi connectivity index (χ0) is 27.4. The SMILES string of the molecule is C[C@@H]1CCN(c2cc(-c3ccccc3O)nnc2N)CCN1c1ccc(C#N)c(C#CCN2CC[C@@H](F)C2)n1. The number of aromatic nitrogens is 3. The van der Waals surface area contributed by atoms with Crippen molar-refractivity contribution in [3.8, 4) is 34.9 Å². The van der Waals surface area contributed by atoms with Crippen LogP contribution in [0.4, 0.5) is 21.7 Å². The highest BCUT2D eigenvalue weighted by Crippen LogP contribution is 2.32. The number of pyridine rings is 1. The van der Waals surface area contributed by atoms with Crippen LogP contribution in [0, 0.1) is 23.2 Å². The maximum absolute atomic E-state index is 13.5. The Balaban J connectivity index is 1.35. The summed E-state index contributed by atoms with van der Waals surface area (Å²) in [6.45, 7) is 5.80. The van der Waals surface area contributed by atoms with Gasteiger partial charge < -0.3 is 20.6 Å². The number of aromatic hydroxyl groups is 1. The van der Waals surface area contributed by atoms with Gasteiger partial charge >= 0.3 is 0 Å². The average molecular weight is 527 g/mol. The highest BCUT2D eigenvalue weighted by Gasteiger charge is 2.25. The predicted octanol–water partition coefficient (Wildman–Crippen LogP) is 3.20. The van der Waals surface area contributed by atoms with Crippen molar-refractivity contribution in [2.45, 2.75) is 32.0 Å². The highest BCUT2D eigenvalue weighted by molar-refractivity contribution is 5.74. The quantitative estimate of drug-likeness (QED) is 0.494. The lowest BCUT2D eigenvalue weighted by Gasteiger charge is -2.28. The molecule has 200 valence electrons. The third-order valence-corrected chi connectivity index (χ3v) is 7.30. The maximum Gasteiger partial charge on any atom is 0.169 e. The van der Waals surface area contributed by atoms with E-state index in [0.717, 1.165) is 24.5 Å². The number of phenolic OH excluding ortho intramolecular Hbond substituents is 1. The summed E-state index contributed by atoms with van der Waals surface area (Å²) >= 11 is 0. The number of rotatable bonds is 4. The number of anilines is 3. The number of nitrogens with two attached hydrogens (primary N) is 1. The first-order valence-corrected chi connectivity index (χ1v) is 13.1. The minimum Gasteiger partial charge on any atom is -0.507 e. The first-order chi connectivity index (χ1) is 18.9. The van der Waals surface area contributed by atoms with Gasteiger partial charge in [-0.15, -0.1) is 10.2 Å². The van der Waals surface area contributed by atoms with E-state index < -0.39 is 6.17 Å². The molecule has 0 unspecified atom stereocenters. The van der Waals surface area contributed by atoms with Crippen LogP contribution in [-0.4, -0.2) is 76.7 Å². The van der Waals surface area contributed by atoms with E-state index in [9.17, 15) is 14.8 Å². The second kappa shape index (κ2) is 11.5. The van der Waals surface area contributed by atoms with Gasteiger partial charge in [-0.05, 0) is 56.0 Å². The van der Waals surface area contributed by atoms with E-state index in [1.54, 1.807) is 24.3 Å². The van der Waals surface area contributed by atoms with E-state index in [1.807, 2.05) is 23.1 Å². The van der Waals surface area contributed by atoms with E-state index in [-0.39, 0.29) is 11.8 Å². The van der Waals surface area contributed by atoms with Crippen molar-refractivity contribution in [3.63, 3.8) is 0 Å². The molecule has 2 saturated heterocycles. The van der Waals surface area contributed by atoms with E-state index >= 15 is 0 Å². The van der Waals surface area contributed by atoms with E-state index in [0.29, 0.717) is 67.5 Å². The lowest BCUT2D eigenvalue weighted by Crippen LogP contribution is -2.35. The Bertz CT molecular complexity index is 1450. The Kier molecular flexibility index (Phi) is 7.76. The van der Waals surface area contributed by atoms with Crippen LogP contribution in [0.5, 0.6) is 5.75 Å². The predicted molar refractivity (Wildman–Crippen MR) is 149 cm³/mol. The number of likely N-dealkylation sites (tertiary alicyclic amines) is 1. The van der Waals surface area contributed by atoms with Crippen molar-refractivity contribution >= 4 is 17.3 Å². The van der Waals surface area contributed by atoms with Gasteiger partial charge in [0.25, 0.3) is 0 Å². The molecule has 0 amide bonds. The van der Waals surface area contributed by atoms with E-state index in [2.05, 4.69) is 44.8 Å². The molecule has 0 spiro atoms. The summed E-state index contributed by atoms with van der Waals surface area (Å²) < 4.78 is 13.5. The number of benzene rings is 1. The van der Waals surface area contributed by atoms with Crippen LogP contribution in [-0.2, 0) is 0 Å². The zero-order valence-corrected chi connectivity index (χ0v) is 21.9. The smallest absolute Gasteiger partial charge is 0.169 e. The number of hydrogen-bond donors (Lipinski definition) is 2. The van der Waals surface area contributed by atoms with Gasteiger partial charge in [0.1, 0.15) is 29.5 Å². The molecular weight excluding hydrogens is 495 g/mol. The molecule has 5 rings (SSSR count). The van der Waals surface area contributed by atoms with Crippen molar-refractivity contribution in [2.75, 3.05) is 54.8 Å². The first-order valence-electron chi connectivity index (χ1n) is 13.1. The lowest BCUT2D eigenvalue weighted by molar-refractivity contribution is 0.308. The average Bonchev–Trinajstić information content (AvgIpc) is 3.26. The zero-order valence-electron chi connectivity index (χ0n) is 21.9. The second-order valence-electron chi connectivity index (χ2n) is 9.94. The van der Waals surface area contributed by atoms with E-state index in [1.165, 1.54) is 0 Å². The van der Waals surface area contributed by atoms with Crippen LogP contribution >= 0.6 is 0 Å². The molecule has 1 aromatic carbocycles. The first kappa shape index (κ1) is 26.2. The van der Waals surface area contributed by atoms with Gasteiger partial charge in [-0.2, -0.15) is 5.26 Å². The van der Waals surface area contributed by atoms with Gasteiger partial charge in [0, 0.05) is 44.3 Å². The molecular formula is C29H31FN8O. The third kappa shape index (κ3) is 5.87. The van der Waals surface area contributed by atoms with Crippen LogP contribution in [0.15, 0.2) is 42.5 Å². The van der Waals surface area contributed by atoms with Gasteiger partial charge in [0.05, 0.1) is 23.5 Å². The summed E-state index contributed by atoms with van der Waals surface area (Å²) in [6, 6.07) is 14.9. The summed E-state index contributed by atoms with van der Waals surface area (Å²) in [5.41, 5.74) is 9.03. The van der Waals surface area contributed by atoms with Crippen LogP contribution in [0.25, 0.3) is 11.3 Å². The van der Waals surface area contributed by atoms with Crippen LogP contribution in [0.2, 0.25) is 0 Å². The Morgan fingerprint density at radius 1 is 1.10 bits per heavy atom. The Labute approximate surface area is 227 Å². The molecule has 2 aromatic heterocycles. The van der Waals surface area contributed by atoms with Crippen LogP contribution in [0.3, 0.4) is 0 Å². The monoisotopic (exact) mass is 526 g/mol. The number of nitrogen functional groups attached to an aromatic ring is 1. The second-order valence-corrected chi connectivity index (χ2v) is 9.94. The highest BCUT2D eigenvalue weighted by atomic mass is 19.1. The molecule has 2 atom stereocenters. The minimum absolute atomic E-state index is 0.135. The standard InChI is InChI=1S/C29H31FN8O/c1-20-10-14-37(26-17-25(34-35-29(26)32)23-5-2-3-7-27(23)39)15-16-38(20)28-9-8-21(18-31)24(33-28)6-4-12-36-13-11-22(30)19-36/h2-3,5,7-9,17,20,22,39H,10-16,19H2,1H3,(H2,32,35)/t20-,22-/m1/s1. The number of halogens is 1.